The van der Waals surface area contributed by atoms with Crippen molar-refractivity contribution in [3.05, 3.63) is 64.8 Å². The average molecular weight is 270 g/mol. The van der Waals surface area contributed by atoms with Crippen LogP contribution in [0.4, 0.5) is 0 Å². The number of thiol groups is 1. The van der Waals surface area contributed by atoms with E-state index in [0.29, 0.717) is 0 Å². The predicted octanol–water partition coefficient (Wildman–Crippen LogP) is 4.22. The van der Waals surface area contributed by atoms with Crippen molar-refractivity contribution < 1.29 is 0 Å². The molecule has 0 amide bonds. The zero-order chi connectivity index (χ0) is 12.5. The van der Waals surface area contributed by atoms with Gasteiger partial charge in [-0.15, -0.1) is 24.0 Å². The highest BCUT2D eigenvalue weighted by Gasteiger charge is 2.06. The summed E-state index contributed by atoms with van der Waals surface area (Å²) in [6, 6.07) is 17.3. The monoisotopic (exact) mass is 270 g/mol. The van der Waals surface area contributed by atoms with Crippen LogP contribution in [0.25, 0.3) is 20.5 Å². The van der Waals surface area contributed by atoms with Crippen LogP contribution in [-0.2, 0) is 0 Å². The van der Waals surface area contributed by atoms with Gasteiger partial charge < -0.3 is 0 Å². The third-order valence-electron chi connectivity index (χ3n) is 2.79. The quantitative estimate of drug-likeness (QED) is 0.655. The highest BCUT2D eigenvalue weighted by atomic mass is 32.1. The Kier molecular flexibility index (Phi) is 2.94. The second kappa shape index (κ2) is 4.59. The lowest BCUT2D eigenvalue weighted by molar-refractivity contribution is 1.58. The van der Waals surface area contributed by atoms with Gasteiger partial charge in [-0.3, -0.25) is 4.79 Å². The fourth-order valence-electron chi connectivity index (χ4n) is 1.91. The first kappa shape index (κ1) is 11.5. The molecule has 0 aliphatic heterocycles. The van der Waals surface area contributed by atoms with E-state index in [1.165, 1.54) is 0 Å². The third-order valence-corrected chi connectivity index (χ3v) is 4.53. The molecule has 0 unspecified atom stereocenters. The second-order valence-corrected chi connectivity index (χ2v) is 5.53. The van der Waals surface area contributed by atoms with E-state index in [4.69, 9.17) is 0 Å². The van der Waals surface area contributed by atoms with Gasteiger partial charge in [0.05, 0.1) is 4.70 Å². The molecule has 0 aliphatic rings. The number of fused-ring (bicyclic) bond motifs is 1. The highest BCUT2D eigenvalue weighted by molar-refractivity contribution is 7.80. The first-order chi connectivity index (χ1) is 8.75. The van der Waals surface area contributed by atoms with Crippen LogP contribution in [0, 0.1) is 0 Å². The van der Waals surface area contributed by atoms with Crippen LogP contribution in [0.3, 0.4) is 0 Å². The van der Waals surface area contributed by atoms with Gasteiger partial charge in [-0.1, -0.05) is 36.4 Å². The van der Waals surface area contributed by atoms with Crippen molar-refractivity contribution in [1.82, 2.24) is 0 Å². The average Bonchev–Trinajstić information content (AvgIpc) is 2.41. The smallest absolute Gasteiger partial charge is 0.188 e. The molecule has 0 N–H and O–H groups in total. The van der Waals surface area contributed by atoms with Crippen molar-refractivity contribution in [2.75, 3.05) is 0 Å². The minimum atomic E-state index is 0.0542. The van der Waals surface area contributed by atoms with Gasteiger partial charge in [-0.05, 0) is 17.7 Å². The van der Waals surface area contributed by atoms with Crippen LogP contribution in [0.15, 0.2) is 64.3 Å². The van der Waals surface area contributed by atoms with Gasteiger partial charge in [-0.25, -0.2) is 0 Å². The van der Waals surface area contributed by atoms with Gasteiger partial charge in [0.15, 0.2) is 5.43 Å². The van der Waals surface area contributed by atoms with Crippen molar-refractivity contribution >= 4 is 34.1 Å². The SMILES string of the molecule is O=c1cc(-c2ccccc2)sc2c(S)cccc12. The molecule has 3 aromatic rings. The van der Waals surface area contributed by atoms with E-state index in [0.717, 1.165) is 25.4 Å². The Bertz CT molecular complexity index is 760. The number of hydrogen-bond acceptors (Lipinski definition) is 3. The van der Waals surface area contributed by atoms with Crippen molar-refractivity contribution in [3.63, 3.8) is 0 Å². The lowest BCUT2D eigenvalue weighted by Gasteiger charge is -2.04. The van der Waals surface area contributed by atoms with E-state index >= 15 is 0 Å². The summed E-state index contributed by atoms with van der Waals surface area (Å²) in [5.74, 6) is 0. The summed E-state index contributed by atoms with van der Waals surface area (Å²) in [6.07, 6.45) is 0. The molecule has 1 aromatic heterocycles. The number of hydrogen-bond donors (Lipinski definition) is 1. The zero-order valence-corrected chi connectivity index (χ0v) is 11.2. The maximum atomic E-state index is 12.1. The molecule has 3 heteroatoms. The Hall–Kier alpha value is -1.58. The van der Waals surface area contributed by atoms with E-state index in [-0.39, 0.29) is 5.43 Å². The van der Waals surface area contributed by atoms with Gasteiger partial charge >= 0.3 is 0 Å². The Labute approximate surface area is 114 Å². The Morgan fingerprint density at radius 3 is 2.50 bits per heavy atom. The van der Waals surface area contributed by atoms with Gasteiger partial charge in [0.2, 0.25) is 0 Å². The van der Waals surface area contributed by atoms with Crippen LogP contribution < -0.4 is 5.43 Å². The molecule has 0 spiro atoms. The van der Waals surface area contributed by atoms with Crippen molar-refractivity contribution in [2.24, 2.45) is 0 Å². The van der Waals surface area contributed by atoms with E-state index in [1.807, 2.05) is 48.5 Å². The molecule has 0 atom stereocenters. The van der Waals surface area contributed by atoms with Gasteiger partial charge in [0.1, 0.15) is 0 Å². The standard InChI is InChI=1S/C15H10OS2/c16-12-9-14(10-5-2-1-3-6-10)18-15-11(12)7-4-8-13(15)17/h1-9,17H. The number of benzene rings is 2. The maximum Gasteiger partial charge on any atom is 0.188 e. The van der Waals surface area contributed by atoms with Crippen molar-refractivity contribution in [3.8, 4) is 10.4 Å². The Morgan fingerprint density at radius 1 is 0.944 bits per heavy atom. The molecular formula is C15H10OS2. The summed E-state index contributed by atoms with van der Waals surface area (Å²) in [5, 5.41) is 0.743. The Balaban J connectivity index is 2.34. The molecule has 3 rings (SSSR count). The first-order valence-corrected chi connectivity index (χ1v) is 6.83. The van der Waals surface area contributed by atoms with Crippen molar-refractivity contribution in [1.29, 1.82) is 0 Å². The summed E-state index contributed by atoms with van der Waals surface area (Å²) in [7, 11) is 0. The zero-order valence-electron chi connectivity index (χ0n) is 9.46. The van der Waals surface area contributed by atoms with Gasteiger partial charge in [-0.2, -0.15) is 0 Å². The van der Waals surface area contributed by atoms with Gasteiger partial charge in [0, 0.05) is 21.2 Å². The maximum absolute atomic E-state index is 12.1. The molecule has 88 valence electrons. The van der Waals surface area contributed by atoms with Crippen LogP contribution in [0.5, 0.6) is 0 Å². The normalized spacial score (nSPS) is 10.7. The lowest BCUT2D eigenvalue weighted by atomic mass is 10.2. The summed E-state index contributed by atoms with van der Waals surface area (Å²) >= 11 is 6.03. The molecular weight excluding hydrogens is 260 g/mol. The predicted molar refractivity (Wildman–Crippen MR) is 80.8 cm³/mol. The van der Waals surface area contributed by atoms with E-state index in [2.05, 4.69) is 12.6 Å². The molecule has 1 nitrogen and oxygen atoms in total. The van der Waals surface area contributed by atoms with Crippen molar-refractivity contribution in [2.45, 2.75) is 4.90 Å². The molecule has 1 heterocycles. The summed E-state index contributed by atoms with van der Waals surface area (Å²) in [6.45, 7) is 0. The molecule has 0 saturated heterocycles. The molecule has 0 aliphatic carbocycles. The largest absolute Gasteiger partial charge is 0.289 e. The lowest BCUT2D eigenvalue weighted by Crippen LogP contribution is -1.98. The van der Waals surface area contributed by atoms with Crippen LogP contribution in [-0.4, -0.2) is 0 Å². The number of rotatable bonds is 1. The second-order valence-electron chi connectivity index (χ2n) is 3.99. The Morgan fingerprint density at radius 2 is 1.72 bits per heavy atom. The molecule has 2 aromatic carbocycles. The molecule has 18 heavy (non-hydrogen) atoms. The molecule has 0 fully saturated rings. The third kappa shape index (κ3) is 1.96. The fraction of sp³-hybridized carbons (Fsp3) is 0. The van der Waals surface area contributed by atoms with Gasteiger partial charge in [0.25, 0.3) is 0 Å². The topological polar surface area (TPSA) is 17.1 Å². The van der Waals surface area contributed by atoms with E-state index in [9.17, 15) is 4.79 Å². The fourth-order valence-corrected chi connectivity index (χ4v) is 3.34. The summed E-state index contributed by atoms with van der Waals surface area (Å²) in [4.78, 5) is 13.9. The minimum absolute atomic E-state index is 0.0542. The van der Waals surface area contributed by atoms with E-state index < -0.39 is 0 Å². The van der Waals surface area contributed by atoms with Crippen LogP contribution >= 0.6 is 24.0 Å². The molecule has 0 radical (unpaired) electrons. The van der Waals surface area contributed by atoms with Crippen LogP contribution in [0.2, 0.25) is 0 Å². The summed E-state index contributed by atoms with van der Waals surface area (Å²) < 4.78 is 0.951. The highest BCUT2D eigenvalue weighted by Crippen LogP contribution is 2.31. The molecule has 0 bridgehead atoms. The van der Waals surface area contributed by atoms with Crippen LogP contribution in [0.1, 0.15) is 0 Å². The van der Waals surface area contributed by atoms with E-state index in [1.54, 1.807) is 17.4 Å². The minimum Gasteiger partial charge on any atom is -0.289 e. The molecule has 0 saturated carbocycles. The summed E-state index contributed by atoms with van der Waals surface area (Å²) in [5.41, 5.74) is 1.12. The first-order valence-electron chi connectivity index (χ1n) is 5.57.